The van der Waals surface area contributed by atoms with Crippen LogP contribution in [0.2, 0.25) is 0 Å². The van der Waals surface area contributed by atoms with Crippen LogP contribution in [0.15, 0.2) is 58.3 Å². The lowest BCUT2D eigenvalue weighted by atomic mass is 10.1. The van der Waals surface area contributed by atoms with E-state index >= 15 is 0 Å². The minimum atomic E-state index is -0.887. The van der Waals surface area contributed by atoms with Crippen LogP contribution < -0.4 is 0 Å². The van der Waals surface area contributed by atoms with Gasteiger partial charge in [-0.15, -0.1) is 0 Å². The molecule has 2 aromatic rings. The maximum absolute atomic E-state index is 10.9. The number of aliphatic carboxylic acids is 2. The molecule has 0 radical (unpaired) electrons. The average molecular weight is 302 g/mol. The van der Waals surface area contributed by atoms with Crippen LogP contribution in [-0.4, -0.2) is 22.2 Å². The Morgan fingerprint density at radius 3 is 1.52 bits per heavy atom. The van der Waals surface area contributed by atoms with Crippen molar-refractivity contribution in [1.82, 2.24) is 0 Å². The molecule has 0 aliphatic heterocycles. The molecule has 0 spiro atoms. The molecule has 108 valence electrons. The summed E-state index contributed by atoms with van der Waals surface area (Å²) in [4.78, 5) is 23.5. The van der Waals surface area contributed by atoms with Gasteiger partial charge in [0, 0.05) is 9.79 Å². The van der Waals surface area contributed by atoms with Crippen molar-refractivity contribution in [2.45, 2.75) is 22.6 Å². The quantitative estimate of drug-likeness (QED) is 0.857. The van der Waals surface area contributed by atoms with Gasteiger partial charge in [0.15, 0.2) is 0 Å². The van der Waals surface area contributed by atoms with Gasteiger partial charge in [0.2, 0.25) is 0 Å². The highest BCUT2D eigenvalue weighted by Crippen LogP contribution is 2.33. The van der Waals surface area contributed by atoms with Crippen LogP contribution in [0.5, 0.6) is 0 Å². The van der Waals surface area contributed by atoms with E-state index in [4.69, 9.17) is 10.2 Å². The third kappa shape index (κ3) is 4.36. The molecule has 0 heterocycles. The number of carboxylic acids is 2. The highest BCUT2D eigenvalue weighted by atomic mass is 32.2. The molecule has 0 bridgehead atoms. The van der Waals surface area contributed by atoms with Crippen LogP contribution in [0.4, 0.5) is 0 Å². The minimum Gasteiger partial charge on any atom is -0.481 e. The topological polar surface area (TPSA) is 74.6 Å². The maximum atomic E-state index is 10.9. The van der Waals surface area contributed by atoms with E-state index in [0.717, 1.165) is 20.9 Å². The Bertz CT molecular complexity index is 609. The summed E-state index contributed by atoms with van der Waals surface area (Å²) in [6.07, 6.45) is -0.103. The molecule has 4 nitrogen and oxygen atoms in total. The molecule has 5 heteroatoms. The van der Waals surface area contributed by atoms with Crippen molar-refractivity contribution in [3.05, 3.63) is 59.7 Å². The molecule has 21 heavy (non-hydrogen) atoms. The van der Waals surface area contributed by atoms with Crippen LogP contribution in [0.25, 0.3) is 0 Å². The van der Waals surface area contributed by atoms with Gasteiger partial charge >= 0.3 is 11.9 Å². The molecular formula is C16H14O4S. The first-order valence-electron chi connectivity index (χ1n) is 6.33. The molecule has 0 unspecified atom stereocenters. The van der Waals surface area contributed by atoms with E-state index in [0.29, 0.717) is 0 Å². The van der Waals surface area contributed by atoms with E-state index in [1.54, 1.807) is 24.3 Å². The Hall–Kier alpha value is -2.27. The van der Waals surface area contributed by atoms with Gasteiger partial charge in [-0.05, 0) is 23.3 Å². The van der Waals surface area contributed by atoms with Crippen molar-refractivity contribution in [3.8, 4) is 0 Å². The van der Waals surface area contributed by atoms with E-state index in [2.05, 4.69) is 0 Å². The summed E-state index contributed by atoms with van der Waals surface area (Å²) in [6.45, 7) is 0. The molecule has 0 atom stereocenters. The highest BCUT2D eigenvalue weighted by Gasteiger charge is 2.11. The van der Waals surface area contributed by atoms with Crippen molar-refractivity contribution in [2.75, 3.05) is 0 Å². The van der Waals surface area contributed by atoms with Gasteiger partial charge in [-0.1, -0.05) is 48.2 Å². The third-order valence-electron chi connectivity index (χ3n) is 2.85. The molecular weight excluding hydrogens is 288 g/mol. The van der Waals surface area contributed by atoms with Crippen LogP contribution in [-0.2, 0) is 22.4 Å². The summed E-state index contributed by atoms with van der Waals surface area (Å²) in [5, 5.41) is 17.9. The summed E-state index contributed by atoms with van der Waals surface area (Å²) >= 11 is 1.40. The fourth-order valence-corrected chi connectivity index (χ4v) is 3.02. The molecule has 2 aromatic carbocycles. The van der Waals surface area contributed by atoms with Gasteiger partial charge in [-0.2, -0.15) is 0 Å². The van der Waals surface area contributed by atoms with Crippen molar-refractivity contribution >= 4 is 23.7 Å². The number of carboxylic acid groups (broad SMARTS) is 2. The predicted molar refractivity (Wildman–Crippen MR) is 79.7 cm³/mol. The lowest BCUT2D eigenvalue weighted by Crippen LogP contribution is -2.02. The molecule has 2 N–H and O–H groups in total. The van der Waals surface area contributed by atoms with E-state index in [9.17, 15) is 9.59 Å². The lowest BCUT2D eigenvalue weighted by Gasteiger charge is -2.10. The van der Waals surface area contributed by atoms with Crippen LogP contribution >= 0.6 is 11.8 Å². The van der Waals surface area contributed by atoms with Crippen molar-refractivity contribution in [3.63, 3.8) is 0 Å². The Kier molecular flexibility index (Phi) is 5.00. The van der Waals surface area contributed by atoms with Crippen LogP contribution in [0, 0.1) is 0 Å². The van der Waals surface area contributed by atoms with Crippen LogP contribution in [0.3, 0.4) is 0 Å². The SMILES string of the molecule is O=C(O)Cc1ccccc1Sc1ccccc1CC(=O)O. The predicted octanol–water partition coefficient (Wildman–Crippen LogP) is 3.09. The minimum absolute atomic E-state index is 0.0513. The third-order valence-corrected chi connectivity index (χ3v) is 4.08. The number of benzene rings is 2. The molecule has 2 rings (SSSR count). The standard InChI is InChI=1S/C16H14O4S/c17-15(18)9-11-5-1-3-7-13(11)21-14-8-4-2-6-12(14)10-16(19)20/h1-8H,9-10H2,(H,17,18)(H,19,20). The molecule has 0 aromatic heterocycles. The van der Waals surface area contributed by atoms with Crippen molar-refractivity contribution < 1.29 is 19.8 Å². The maximum Gasteiger partial charge on any atom is 0.307 e. The van der Waals surface area contributed by atoms with E-state index in [-0.39, 0.29) is 12.8 Å². The lowest BCUT2D eigenvalue weighted by molar-refractivity contribution is -0.137. The van der Waals surface area contributed by atoms with Gasteiger partial charge < -0.3 is 10.2 Å². The zero-order valence-corrected chi connectivity index (χ0v) is 12.0. The first kappa shape index (κ1) is 15.1. The first-order chi connectivity index (χ1) is 10.1. The van der Waals surface area contributed by atoms with Gasteiger partial charge in [0.1, 0.15) is 0 Å². The molecule has 0 amide bonds. The van der Waals surface area contributed by atoms with Crippen molar-refractivity contribution in [1.29, 1.82) is 0 Å². The summed E-state index contributed by atoms with van der Waals surface area (Å²) in [5.74, 6) is -1.77. The Labute approximate surface area is 126 Å². The fourth-order valence-electron chi connectivity index (χ4n) is 1.94. The number of hydrogen-bond donors (Lipinski definition) is 2. The smallest absolute Gasteiger partial charge is 0.307 e. The summed E-state index contributed by atoms with van der Waals surface area (Å²) < 4.78 is 0. The normalized spacial score (nSPS) is 10.3. The molecule has 0 aliphatic rings. The number of hydrogen-bond acceptors (Lipinski definition) is 3. The monoisotopic (exact) mass is 302 g/mol. The van der Waals surface area contributed by atoms with Crippen molar-refractivity contribution in [2.24, 2.45) is 0 Å². The van der Waals surface area contributed by atoms with Crippen LogP contribution in [0.1, 0.15) is 11.1 Å². The molecule has 0 saturated carbocycles. The number of rotatable bonds is 6. The molecule has 0 aliphatic carbocycles. The highest BCUT2D eigenvalue weighted by molar-refractivity contribution is 7.99. The number of carbonyl (C=O) groups is 2. The van der Waals surface area contributed by atoms with E-state index in [1.165, 1.54) is 11.8 Å². The largest absolute Gasteiger partial charge is 0.481 e. The van der Waals surface area contributed by atoms with Gasteiger partial charge in [-0.25, -0.2) is 0 Å². The Morgan fingerprint density at radius 2 is 1.14 bits per heavy atom. The summed E-state index contributed by atoms with van der Waals surface area (Å²) in [5.41, 5.74) is 1.44. The second kappa shape index (κ2) is 6.95. The Balaban J connectivity index is 2.30. The first-order valence-corrected chi connectivity index (χ1v) is 7.15. The van der Waals surface area contributed by atoms with Gasteiger partial charge in [-0.3, -0.25) is 9.59 Å². The average Bonchev–Trinajstić information content (AvgIpc) is 2.42. The van der Waals surface area contributed by atoms with E-state index < -0.39 is 11.9 Å². The second-order valence-electron chi connectivity index (χ2n) is 4.46. The zero-order chi connectivity index (χ0) is 15.2. The van der Waals surface area contributed by atoms with E-state index in [1.807, 2.05) is 24.3 Å². The summed E-state index contributed by atoms with van der Waals surface area (Å²) in [6, 6.07) is 14.5. The Morgan fingerprint density at radius 1 is 0.762 bits per heavy atom. The molecule has 0 fully saturated rings. The van der Waals surface area contributed by atoms with Gasteiger partial charge in [0.05, 0.1) is 12.8 Å². The molecule has 0 saturated heterocycles. The summed E-state index contributed by atoms with van der Waals surface area (Å²) in [7, 11) is 0. The zero-order valence-electron chi connectivity index (χ0n) is 11.2. The fraction of sp³-hybridized carbons (Fsp3) is 0.125. The second-order valence-corrected chi connectivity index (χ2v) is 5.54. The van der Waals surface area contributed by atoms with Gasteiger partial charge in [0.25, 0.3) is 0 Å².